The van der Waals surface area contributed by atoms with Gasteiger partial charge in [0.15, 0.2) is 0 Å². The molecule has 0 aromatic heterocycles. The maximum Gasteiger partial charge on any atom is 0.411 e. The lowest BCUT2D eigenvalue weighted by Gasteiger charge is -2.38. The number of hydrogen-bond donors (Lipinski definition) is 0. The van der Waals surface area contributed by atoms with Gasteiger partial charge >= 0.3 is 12.1 Å². The first-order valence-corrected chi connectivity index (χ1v) is 6.00. The van der Waals surface area contributed by atoms with Gasteiger partial charge in [-0.1, -0.05) is 0 Å². The van der Waals surface area contributed by atoms with E-state index >= 15 is 0 Å². The molecule has 0 bridgehead atoms. The average molecular weight is 258 g/mol. The predicted octanol–water partition coefficient (Wildman–Crippen LogP) is 0.710. The van der Waals surface area contributed by atoms with Gasteiger partial charge in [0.1, 0.15) is 11.6 Å². The third-order valence-electron chi connectivity index (χ3n) is 2.68. The van der Waals surface area contributed by atoms with Gasteiger partial charge in [-0.25, -0.2) is 9.59 Å². The van der Waals surface area contributed by atoms with Crippen LogP contribution in [-0.2, 0) is 14.3 Å². The Labute approximate surface area is 108 Å². The molecule has 1 saturated heterocycles. The van der Waals surface area contributed by atoms with Gasteiger partial charge in [0.2, 0.25) is 0 Å². The van der Waals surface area contributed by atoms with Crippen molar-refractivity contribution in [1.29, 1.82) is 0 Å². The highest BCUT2D eigenvalue weighted by atomic mass is 16.6. The molecule has 0 saturated carbocycles. The van der Waals surface area contributed by atoms with E-state index in [1.807, 2.05) is 11.9 Å². The van der Waals surface area contributed by atoms with Gasteiger partial charge in [-0.15, -0.1) is 0 Å². The topological polar surface area (TPSA) is 59.1 Å². The molecular formula is C12H22N2O4. The molecule has 0 spiro atoms. The summed E-state index contributed by atoms with van der Waals surface area (Å²) >= 11 is 0. The summed E-state index contributed by atoms with van der Waals surface area (Å²) in [5, 5.41) is 0. The first kappa shape index (κ1) is 14.8. The van der Waals surface area contributed by atoms with E-state index in [0.717, 1.165) is 0 Å². The first-order valence-electron chi connectivity index (χ1n) is 6.00. The van der Waals surface area contributed by atoms with Gasteiger partial charge in [0, 0.05) is 19.6 Å². The van der Waals surface area contributed by atoms with Gasteiger partial charge in [-0.2, -0.15) is 0 Å². The number of piperazine rings is 1. The van der Waals surface area contributed by atoms with Crippen molar-refractivity contribution in [2.45, 2.75) is 32.4 Å². The summed E-state index contributed by atoms with van der Waals surface area (Å²) in [6, 6.07) is -0.594. The Morgan fingerprint density at radius 1 is 1.22 bits per heavy atom. The number of esters is 1. The van der Waals surface area contributed by atoms with Crippen LogP contribution in [0.1, 0.15) is 20.8 Å². The van der Waals surface area contributed by atoms with Crippen LogP contribution in [-0.4, -0.2) is 67.3 Å². The fraction of sp³-hybridized carbons (Fsp3) is 0.833. The lowest BCUT2D eigenvalue weighted by molar-refractivity contribution is -0.149. The summed E-state index contributed by atoms with van der Waals surface area (Å²) in [6.45, 7) is 7.04. The monoisotopic (exact) mass is 258 g/mol. The summed E-state index contributed by atoms with van der Waals surface area (Å²) < 4.78 is 10.0. The molecule has 0 aliphatic carbocycles. The maximum atomic E-state index is 12.0. The Hall–Kier alpha value is -1.30. The number of ether oxygens (including phenoxy) is 2. The Morgan fingerprint density at radius 3 is 2.33 bits per heavy atom. The molecule has 0 N–H and O–H groups in total. The van der Waals surface area contributed by atoms with Crippen LogP contribution in [0.15, 0.2) is 0 Å². The number of carbonyl (C=O) groups excluding carboxylic acids is 2. The minimum absolute atomic E-state index is 0.410. The van der Waals surface area contributed by atoms with Crippen LogP contribution in [0.25, 0.3) is 0 Å². The minimum Gasteiger partial charge on any atom is -0.467 e. The van der Waals surface area contributed by atoms with Gasteiger partial charge in [-0.3, -0.25) is 4.90 Å². The van der Waals surface area contributed by atoms with E-state index in [2.05, 4.69) is 0 Å². The molecule has 6 heteroatoms. The van der Waals surface area contributed by atoms with Gasteiger partial charge in [0.05, 0.1) is 7.11 Å². The number of rotatable bonds is 1. The van der Waals surface area contributed by atoms with Gasteiger partial charge < -0.3 is 14.4 Å². The number of amides is 1. The normalized spacial score (nSPS) is 21.6. The van der Waals surface area contributed by atoms with Crippen molar-refractivity contribution in [3.8, 4) is 0 Å². The zero-order valence-electron chi connectivity index (χ0n) is 11.7. The van der Waals surface area contributed by atoms with Crippen molar-refractivity contribution in [2.75, 3.05) is 33.8 Å². The Morgan fingerprint density at radius 2 is 1.83 bits per heavy atom. The third-order valence-corrected chi connectivity index (χ3v) is 2.68. The molecule has 1 heterocycles. The van der Waals surface area contributed by atoms with Crippen molar-refractivity contribution in [2.24, 2.45) is 0 Å². The standard InChI is InChI=1S/C12H22N2O4/c1-12(2,3)18-11(16)14-7-6-13(4)8-9(14)10(15)17-5/h9H,6-8H2,1-5H3. The third kappa shape index (κ3) is 3.87. The molecule has 1 aliphatic heterocycles. The molecule has 104 valence electrons. The molecule has 0 aromatic rings. The zero-order valence-corrected chi connectivity index (χ0v) is 11.7. The van der Waals surface area contributed by atoms with Crippen molar-refractivity contribution in [3.63, 3.8) is 0 Å². The molecule has 1 fully saturated rings. The number of carbonyl (C=O) groups is 2. The highest BCUT2D eigenvalue weighted by molar-refractivity contribution is 5.82. The van der Waals surface area contributed by atoms with Crippen LogP contribution in [0.2, 0.25) is 0 Å². The first-order chi connectivity index (χ1) is 8.24. The second-order valence-corrected chi connectivity index (χ2v) is 5.47. The van der Waals surface area contributed by atoms with Crippen LogP contribution in [0.3, 0.4) is 0 Å². The second-order valence-electron chi connectivity index (χ2n) is 5.47. The van der Waals surface area contributed by atoms with E-state index < -0.39 is 23.7 Å². The average Bonchev–Trinajstić information content (AvgIpc) is 2.25. The predicted molar refractivity (Wildman–Crippen MR) is 66.2 cm³/mol. The molecule has 6 nitrogen and oxygen atoms in total. The summed E-state index contributed by atoms with van der Waals surface area (Å²) in [4.78, 5) is 27.2. The van der Waals surface area contributed by atoms with E-state index in [9.17, 15) is 9.59 Å². The molecular weight excluding hydrogens is 236 g/mol. The summed E-state index contributed by atoms with van der Waals surface area (Å²) in [5.74, 6) is -0.410. The Kier molecular flexibility index (Phi) is 4.56. The molecule has 1 aliphatic rings. The second kappa shape index (κ2) is 5.56. The maximum absolute atomic E-state index is 12.0. The smallest absolute Gasteiger partial charge is 0.411 e. The van der Waals surface area contributed by atoms with Crippen LogP contribution in [0, 0.1) is 0 Å². The van der Waals surface area contributed by atoms with Crippen molar-refractivity contribution in [1.82, 2.24) is 9.80 Å². The number of likely N-dealkylation sites (N-methyl/N-ethyl adjacent to an activating group) is 1. The van der Waals surface area contributed by atoms with E-state index in [1.165, 1.54) is 12.0 Å². The van der Waals surface area contributed by atoms with Gasteiger partial charge in [0.25, 0.3) is 0 Å². The van der Waals surface area contributed by atoms with E-state index in [0.29, 0.717) is 19.6 Å². The molecule has 1 amide bonds. The fourth-order valence-corrected chi connectivity index (χ4v) is 1.80. The van der Waals surface area contributed by atoms with Crippen molar-refractivity contribution < 1.29 is 19.1 Å². The molecule has 18 heavy (non-hydrogen) atoms. The Balaban J connectivity index is 2.77. The van der Waals surface area contributed by atoms with Crippen LogP contribution in [0.4, 0.5) is 4.79 Å². The van der Waals surface area contributed by atoms with Crippen molar-refractivity contribution in [3.05, 3.63) is 0 Å². The van der Waals surface area contributed by atoms with E-state index in [1.54, 1.807) is 20.8 Å². The fourth-order valence-electron chi connectivity index (χ4n) is 1.80. The van der Waals surface area contributed by atoms with E-state index in [4.69, 9.17) is 9.47 Å². The SMILES string of the molecule is COC(=O)C1CN(C)CCN1C(=O)OC(C)(C)C. The quantitative estimate of drug-likeness (QED) is 0.648. The summed E-state index contributed by atoms with van der Waals surface area (Å²) in [7, 11) is 3.23. The Bertz CT molecular complexity index is 325. The van der Waals surface area contributed by atoms with Crippen LogP contribution in [0.5, 0.6) is 0 Å². The summed E-state index contributed by atoms with van der Waals surface area (Å²) in [6.07, 6.45) is -0.467. The van der Waals surface area contributed by atoms with Crippen molar-refractivity contribution >= 4 is 12.1 Å². The number of hydrogen-bond acceptors (Lipinski definition) is 5. The molecule has 0 radical (unpaired) electrons. The number of methoxy groups -OCH3 is 1. The molecule has 1 rings (SSSR count). The highest BCUT2D eigenvalue weighted by Gasteiger charge is 2.37. The van der Waals surface area contributed by atoms with E-state index in [-0.39, 0.29) is 0 Å². The lowest BCUT2D eigenvalue weighted by Crippen LogP contribution is -2.58. The minimum atomic E-state index is -0.594. The lowest BCUT2D eigenvalue weighted by atomic mass is 10.2. The molecule has 1 unspecified atom stereocenters. The summed E-state index contributed by atoms with van der Waals surface area (Å²) in [5.41, 5.74) is -0.568. The largest absolute Gasteiger partial charge is 0.467 e. The van der Waals surface area contributed by atoms with Gasteiger partial charge in [-0.05, 0) is 27.8 Å². The molecule has 0 aromatic carbocycles. The molecule has 1 atom stereocenters. The zero-order chi connectivity index (χ0) is 13.9. The van der Waals surface area contributed by atoms with Crippen LogP contribution < -0.4 is 0 Å². The number of nitrogens with zero attached hydrogens (tertiary/aromatic N) is 2. The van der Waals surface area contributed by atoms with Crippen LogP contribution >= 0.6 is 0 Å². The highest BCUT2D eigenvalue weighted by Crippen LogP contribution is 2.16.